The van der Waals surface area contributed by atoms with Crippen molar-refractivity contribution in [1.29, 1.82) is 0 Å². The Morgan fingerprint density at radius 2 is 1.84 bits per heavy atom. The summed E-state index contributed by atoms with van der Waals surface area (Å²) in [6, 6.07) is 14.1. The highest BCUT2D eigenvalue weighted by molar-refractivity contribution is 5.94. The Morgan fingerprint density at radius 3 is 2.52 bits per heavy atom. The molecule has 1 amide bonds. The fourth-order valence-electron chi connectivity index (χ4n) is 2.21. The van der Waals surface area contributed by atoms with E-state index in [0.717, 1.165) is 5.56 Å². The monoisotopic (exact) mass is 343 g/mol. The Morgan fingerprint density at radius 1 is 1.12 bits per heavy atom. The molecule has 1 atom stereocenters. The van der Waals surface area contributed by atoms with E-state index < -0.39 is 18.7 Å². The normalized spacial score (nSPS) is 11.4. The third-order valence-corrected chi connectivity index (χ3v) is 3.39. The number of rotatable bonds is 8. The van der Waals surface area contributed by atoms with Crippen LogP contribution < -0.4 is 14.8 Å². The van der Waals surface area contributed by atoms with Crippen LogP contribution in [0.3, 0.4) is 0 Å². The lowest BCUT2D eigenvalue weighted by Crippen LogP contribution is -2.32. The third kappa shape index (κ3) is 5.84. The largest absolute Gasteiger partial charge is 0.482 e. The van der Waals surface area contributed by atoms with Gasteiger partial charge < -0.3 is 19.9 Å². The first-order valence-corrected chi connectivity index (χ1v) is 7.96. The third-order valence-electron chi connectivity index (χ3n) is 3.39. The first-order valence-electron chi connectivity index (χ1n) is 7.96. The molecule has 0 saturated carbocycles. The van der Waals surface area contributed by atoms with Crippen molar-refractivity contribution in [2.45, 2.75) is 26.4 Å². The summed E-state index contributed by atoms with van der Waals surface area (Å²) in [5, 5.41) is 11.4. The van der Waals surface area contributed by atoms with Crippen LogP contribution in [-0.4, -0.2) is 29.7 Å². The molecular formula is C19H21NO5. The van der Waals surface area contributed by atoms with E-state index in [2.05, 4.69) is 5.32 Å². The molecule has 0 heterocycles. The molecule has 2 aromatic carbocycles. The Hall–Kier alpha value is -3.02. The van der Waals surface area contributed by atoms with Crippen LogP contribution in [0.1, 0.15) is 18.9 Å². The molecule has 2 rings (SSSR count). The van der Waals surface area contributed by atoms with Gasteiger partial charge in [0.1, 0.15) is 11.5 Å². The standard InChI is InChI=1S/C19H21NO5/c1-3-17(25-16-9-4-6-13(2)10-16)19(23)20-14-7-5-8-15(11-14)24-12-18(21)22/h4-11,17H,3,12H2,1-2H3,(H,20,23)(H,21,22). The minimum absolute atomic E-state index is 0.278. The molecular weight excluding hydrogens is 322 g/mol. The van der Waals surface area contributed by atoms with Crippen molar-refractivity contribution in [1.82, 2.24) is 0 Å². The molecule has 132 valence electrons. The molecule has 2 N–H and O–H groups in total. The Balaban J connectivity index is 2.01. The fourth-order valence-corrected chi connectivity index (χ4v) is 2.21. The number of anilines is 1. The lowest BCUT2D eigenvalue weighted by Gasteiger charge is -2.18. The SMILES string of the molecule is CCC(Oc1cccc(C)c1)C(=O)Nc1cccc(OCC(=O)O)c1. The number of nitrogens with one attached hydrogen (secondary N) is 1. The predicted molar refractivity (Wildman–Crippen MR) is 94.1 cm³/mol. The van der Waals surface area contributed by atoms with Gasteiger partial charge in [0.15, 0.2) is 12.7 Å². The van der Waals surface area contributed by atoms with Gasteiger partial charge in [-0.25, -0.2) is 4.79 Å². The molecule has 0 bridgehead atoms. The molecule has 0 aromatic heterocycles. The lowest BCUT2D eigenvalue weighted by atomic mass is 10.2. The number of carboxylic acid groups (broad SMARTS) is 1. The first kappa shape index (κ1) is 18.3. The van der Waals surface area contributed by atoms with E-state index in [1.807, 2.05) is 38.1 Å². The average molecular weight is 343 g/mol. The Bertz CT molecular complexity index is 744. The van der Waals surface area contributed by atoms with Crippen LogP contribution in [-0.2, 0) is 9.59 Å². The van der Waals surface area contributed by atoms with Gasteiger partial charge in [-0.05, 0) is 43.2 Å². The summed E-state index contributed by atoms with van der Waals surface area (Å²) >= 11 is 0. The summed E-state index contributed by atoms with van der Waals surface area (Å²) in [7, 11) is 0. The van der Waals surface area contributed by atoms with Crippen molar-refractivity contribution < 1.29 is 24.2 Å². The number of carbonyl (C=O) groups is 2. The van der Waals surface area contributed by atoms with E-state index in [-0.39, 0.29) is 5.91 Å². The van der Waals surface area contributed by atoms with Crippen LogP contribution in [0, 0.1) is 6.92 Å². The zero-order valence-corrected chi connectivity index (χ0v) is 14.2. The Kier molecular flexibility index (Phi) is 6.39. The smallest absolute Gasteiger partial charge is 0.341 e. The summed E-state index contributed by atoms with van der Waals surface area (Å²) in [6.07, 6.45) is -0.125. The number of carboxylic acids is 1. The van der Waals surface area contributed by atoms with Gasteiger partial charge in [-0.3, -0.25) is 4.79 Å². The van der Waals surface area contributed by atoms with Crippen LogP contribution in [0.5, 0.6) is 11.5 Å². The van der Waals surface area contributed by atoms with Crippen LogP contribution in [0.25, 0.3) is 0 Å². The van der Waals surface area contributed by atoms with Crippen LogP contribution in [0.2, 0.25) is 0 Å². The number of amides is 1. The number of hydrogen-bond donors (Lipinski definition) is 2. The van der Waals surface area contributed by atoms with Crippen LogP contribution in [0.15, 0.2) is 48.5 Å². The van der Waals surface area contributed by atoms with Gasteiger partial charge in [0.25, 0.3) is 5.91 Å². The quantitative estimate of drug-likeness (QED) is 0.768. The minimum atomic E-state index is -1.06. The maximum Gasteiger partial charge on any atom is 0.341 e. The van der Waals surface area contributed by atoms with E-state index in [4.69, 9.17) is 14.6 Å². The van der Waals surface area contributed by atoms with E-state index in [1.165, 1.54) is 0 Å². The number of ether oxygens (including phenoxy) is 2. The molecule has 0 aliphatic carbocycles. The van der Waals surface area contributed by atoms with Crippen molar-refractivity contribution in [2.24, 2.45) is 0 Å². The van der Waals surface area contributed by atoms with E-state index in [9.17, 15) is 9.59 Å². The Labute approximate surface area is 146 Å². The summed E-state index contributed by atoms with van der Waals surface area (Å²) in [6.45, 7) is 3.38. The molecule has 6 nitrogen and oxygen atoms in total. The van der Waals surface area contributed by atoms with Crippen molar-refractivity contribution in [2.75, 3.05) is 11.9 Å². The van der Waals surface area contributed by atoms with Crippen molar-refractivity contribution in [3.05, 3.63) is 54.1 Å². The summed E-state index contributed by atoms with van der Waals surface area (Å²) < 4.78 is 10.9. The average Bonchev–Trinajstić information content (AvgIpc) is 2.58. The van der Waals surface area contributed by atoms with Crippen molar-refractivity contribution >= 4 is 17.6 Å². The zero-order valence-electron chi connectivity index (χ0n) is 14.2. The molecule has 0 spiro atoms. The van der Waals surface area contributed by atoms with Gasteiger partial charge >= 0.3 is 5.97 Å². The van der Waals surface area contributed by atoms with E-state index >= 15 is 0 Å². The first-order chi connectivity index (χ1) is 12.0. The highest BCUT2D eigenvalue weighted by Crippen LogP contribution is 2.19. The topological polar surface area (TPSA) is 84.9 Å². The highest BCUT2D eigenvalue weighted by atomic mass is 16.5. The van der Waals surface area contributed by atoms with Gasteiger partial charge in [0.2, 0.25) is 0 Å². The van der Waals surface area contributed by atoms with Gasteiger partial charge in [0.05, 0.1) is 0 Å². The molecule has 0 saturated heterocycles. The molecule has 25 heavy (non-hydrogen) atoms. The molecule has 0 aliphatic rings. The number of aliphatic carboxylic acids is 1. The van der Waals surface area contributed by atoms with Gasteiger partial charge in [0, 0.05) is 11.8 Å². The molecule has 1 unspecified atom stereocenters. The van der Waals surface area contributed by atoms with Crippen molar-refractivity contribution in [3.8, 4) is 11.5 Å². The zero-order chi connectivity index (χ0) is 18.2. The summed E-state index contributed by atoms with van der Waals surface area (Å²) in [4.78, 5) is 23.0. The van der Waals surface area contributed by atoms with Gasteiger partial charge in [-0.15, -0.1) is 0 Å². The molecule has 0 fully saturated rings. The van der Waals surface area contributed by atoms with E-state index in [1.54, 1.807) is 24.3 Å². The van der Waals surface area contributed by atoms with Crippen molar-refractivity contribution in [3.63, 3.8) is 0 Å². The van der Waals surface area contributed by atoms with Crippen LogP contribution in [0.4, 0.5) is 5.69 Å². The highest BCUT2D eigenvalue weighted by Gasteiger charge is 2.18. The maximum atomic E-state index is 12.4. The maximum absolute atomic E-state index is 12.4. The summed E-state index contributed by atoms with van der Waals surface area (Å²) in [5.74, 6) is -0.333. The number of aryl methyl sites for hydroxylation is 1. The number of hydrogen-bond acceptors (Lipinski definition) is 4. The van der Waals surface area contributed by atoms with Gasteiger partial charge in [-0.1, -0.05) is 25.1 Å². The molecule has 0 radical (unpaired) electrons. The number of carbonyl (C=O) groups excluding carboxylic acids is 1. The van der Waals surface area contributed by atoms with E-state index in [0.29, 0.717) is 23.6 Å². The van der Waals surface area contributed by atoms with Crippen LogP contribution >= 0.6 is 0 Å². The lowest BCUT2D eigenvalue weighted by molar-refractivity contribution is -0.139. The molecule has 0 aliphatic heterocycles. The predicted octanol–water partition coefficient (Wildman–Crippen LogP) is 3.25. The second-order valence-electron chi connectivity index (χ2n) is 5.53. The second kappa shape index (κ2) is 8.73. The second-order valence-corrected chi connectivity index (χ2v) is 5.53. The molecule has 6 heteroatoms. The fraction of sp³-hybridized carbons (Fsp3) is 0.263. The minimum Gasteiger partial charge on any atom is -0.482 e. The summed E-state index contributed by atoms with van der Waals surface area (Å²) in [5.41, 5.74) is 1.57. The number of benzene rings is 2. The molecule has 2 aromatic rings. The van der Waals surface area contributed by atoms with Gasteiger partial charge in [-0.2, -0.15) is 0 Å².